The number of esters is 1. The highest BCUT2D eigenvalue weighted by Crippen LogP contribution is 2.33. The Balaban J connectivity index is 1.66. The maximum atomic E-state index is 13.2. The van der Waals surface area contributed by atoms with Gasteiger partial charge in [0.05, 0.1) is 28.3 Å². The predicted molar refractivity (Wildman–Crippen MR) is 139 cm³/mol. The lowest BCUT2D eigenvalue weighted by atomic mass is 10.0. The van der Waals surface area contributed by atoms with Crippen molar-refractivity contribution in [2.75, 3.05) is 17.7 Å². The summed E-state index contributed by atoms with van der Waals surface area (Å²) in [5.41, 5.74) is 1.25. The first-order valence-electron chi connectivity index (χ1n) is 11.3. The van der Waals surface area contributed by atoms with E-state index in [4.69, 9.17) is 16.3 Å². The Labute approximate surface area is 224 Å². The average molecular weight is 560 g/mol. The zero-order valence-electron chi connectivity index (χ0n) is 20.7. The molecule has 0 aliphatic rings. The largest absolute Gasteiger partial charge is 0.447 e. The van der Waals surface area contributed by atoms with Crippen LogP contribution in [0.5, 0.6) is 0 Å². The molecule has 2 heterocycles. The summed E-state index contributed by atoms with van der Waals surface area (Å²) < 4.78 is 46.2. The highest BCUT2D eigenvalue weighted by Gasteiger charge is 2.33. The number of aromatic nitrogens is 4. The fourth-order valence-corrected chi connectivity index (χ4v) is 4.04. The lowest BCUT2D eigenvalue weighted by molar-refractivity contribution is -0.152. The molecular weight excluding hydrogens is 539 g/mol. The minimum atomic E-state index is -4.64. The van der Waals surface area contributed by atoms with Crippen molar-refractivity contribution < 1.29 is 27.5 Å². The van der Waals surface area contributed by atoms with Crippen LogP contribution in [-0.4, -0.2) is 45.0 Å². The number of fused-ring (bicyclic) bond motifs is 1. The molecule has 2 N–H and O–H groups in total. The van der Waals surface area contributed by atoms with Gasteiger partial charge in [0.1, 0.15) is 17.4 Å². The van der Waals surface area contributed by atoms with E-state index in [0.717, 1.165) is 25.1 Å². The standard InChI is InChI=1S/C25H21ClF3N7O3/c1-13-20-21(23(32-11-30-3)33-12-31-20)36(35-13)19-8-7-17(10-18(19)26)34-24(38)22(39-14(2)37)15-5-4-6-16(9-15)25(27,28)29/h4-12,22H,1-3H3,(H,34,38)(H,30,31,32,33)/t22-/m1/s1. The molecule has 0 saturated heterocycles. The quantitative estimate of drug-likeness (QED) is 0.183. The molecule has 10 nitrogen and oxygen atoms in total. The van der Waals surface area contributed by atoms with Crippen LogP contribution in [0.4, 0.5) is 24.7 Å². The number of benzene rings is 2. The van der Waals surface area contributed by atoms with Crippen LogP contribution in [0.25, 0.3) is 16.7 Å². The third-order valence-corrected chi connectivity index (χ3v) is 5.74. The number of nitrogens with zero attached hydrogens (tertiary/aromatic N) is 5. The van der Waals surface area contributed by atoms with E-state index in [9.17, 15) is 22.8 Å². The minimum absolute atomic E-state index is 0.144. The molecule has 4 aromatic rings. The predicted octanol–water partition coefficient (Wildman–Crippen LogP) is 5.11. The molecule has 39 heavy (non-hydrogen) atoms. The number of aliphatic imine (C=N–C) groups is 1. The van der Waals surface area contributed by atoms with Crippen molar-refractivity contribution in [3.05, 3.63) is 70.6 Å². The summed E-state index contributed by atoms with van der Waals surface area (Å²) in [6.07, 6.45) is -3.43. The molecule has 202 valence electrons. The van der Waals surface area contributed by atoms with Gasteiger partial charge in [0.2, 0.25) is 6.10 Å². The third kappa shape index (κ3) is 5.98. The molecule has 2 aromatic heterocycles. The zero-order chi connectivity index (χ0) is 28.3. The number of alkyl halides is 3. The number of carbonyl (C=O) groups is 2. The van der Waals surface area contributed by atoms with E-state index in [2.05, 4.69) is 30.7 Å². The topological polar surface area (TPSA) is 123 Å². The Morgan fingerprint density at radius 2 is 1.95 bits per heavy atom. The van der Waals surface area contributed by atoms with E-state index in [0.29, 0.717) is 28.2 Å². The summed E-state index contributed by atoms with van der Waals surface area (Å²) in [5.74, 6) is -1.28. The van der Waals surface area contributed by atoms with Crippen molar-refractivity contribution >= 4 is 52.4 Å². The number of ether oxygens (including phenoxy) is 1. The smallest absolute Gasteiger partial charge is 0.416 e. The van der Waals surface area contributed by atoms with Gasteiger partial charge in [-0.25, -0.2) is 14.6 Å². The van der Waals surface area contributed by atoms with Gasteiger partial charge in [-0.1, -0.05) is 23.7 Å². The second-order valence-corrected chi connectivity index (χ2v) is 8.62. The van der Waals surface area contributed by atoms with Crippen molar-refractivity contribution in [1.82, 2.24) is 19.7 Å². The summed E-state index contributed by atoms with van der Waals surface area (Å²) in [4.78, 5) is 37.1. The summed E-state index contributed by atoms with van der Waals surface area (Å²) >= 11 is 6.56. The second kappa shape index (κ2) is 11.1. The molecule has 1 amide bonds. The van der Waals surface area contributed by atoms with Gasteiger partial charge in [0.15, 0.2) is 5.82 Å². The number of amides is 1. The Morgan fingerprint density at radius 3 is 2.62 bits per heavy atom. The Kier molecular flexibility index (Phi) is 7.81. The Bertz CT molecular complexity index is 1590. The fraction of sp³-hybridized carbons (Fsp3) is 0.200. The summed E-state index contributed by atoms with van der Waals surface area (Å²) in [7, 11) is 1.59. The molecule has 4 rings (SSSR count). The van der Waals surface area contributed by atoms with Crippen LogP contribution in [0.1, 0.15) is 29.8 Å². The third-order valence-electron chi connectivity index (χ3n) is 5.44. The number of hydrogen-bond donors (Lipinski definition) is 2. The van der Waals surface area contributed by atoms with Gasteiger partial charge in [-0.05, 0) is 37.3 Å². The first kappa shape index (κ1) is 27.5. The molecule has 0 aliphatic carbocycles. The van der Waals surface area contributed by atoms with Crippen molar-refractivity contribution in [1.29, 1.82) is 0 Å². The normalized spacial score (nSPS) is 12.5. The van der Waals surface area contributed by atoms with Crippen LogP contribution >= 0.6 is 11.6 Å². The molecule has 2 aromatic carbocycles. The molecule has 1 atom stereocenters. The molecule has 0 fully saturated rings. The number of aryl methyl sites for hydroxylation is 1. The van der Waals surface area contributed by atoms with Crippen molar-refractivity contribution in [2.24, 2.45) is 4.99 Å². The number of rotatable bonds is 7. The number of carbonyl (C=O) groups excluding carboxylic acids is 2. The van der Waals surface area contributed by atoms with Crippen LogP contribution in [0, 0.1) is 6.92 Å². The van der Waals surface area contributed by atoms with Gasteiger partial charge in [-0.2, -0.15) is 18.3 Å². The van der Waals surface area contributed by atoms with E-state index < -0.39 is 29.7 Å². The molecule has 0 saturated carbocycles. The molecular formula is C25H21ClF3N7O3. The maximum Gasteiger partial charge on any atom is 0.416 e. The summed E-state index contributed by atoms with van der Waals surface area (Å²) in [5, 5.41) is 10.2. The van der Waals surface area contributed by atoms with Gasteiger partial charge in [-0.15, -0.1) is 0 Å². The lowest BCUT2D eigenvalue weighted by Crippen LogP contribution is -2.25. The first-order chi connectivity index (χ1) is 18.5. The zero-order valence-corrected chi connectivity index (χ0v) is 21.5. The van der Waals surface area contributed by atoms with Crippen LogP contribution in [0.15, 0.2) is 53.8 Å². The molecule has 0 spiro atoms. The van der Waals surface area contributed by atoms with E-state index in [1.807, 2.05) is 0 Å². The Hall–Kier alpha value is -4.52. The van der Waals surface area contributed by atoms with Crippen molar-refractivity contribution in [2.45, 2.75) is 26.1 Å². The Morgan fingerprint density at radius 1 is 1.18 bits per heavy atom. The number of nitrogens with one attached hydrogen (secondary N) is 2. The lowest BCUT2D eigenvalue weighted by Gasteiger charge is -2.19. The fourth-order valence-electron chi connectivity index (χ4n) is 3.78. The number of anilines is 2. The van der Waals surface area contributed by atoms with Crippen LogP contribution in [0.3, 0.4) is 0 Å². The van der Waals surface area contributed by atoms with E-state index in [1.54, 1.807) is 20.0 Å². The van der Waals surface area contributed by atoms with Gasteiger partial charge >= 0.3 is 12.1 Å². The SMILES string of the molecule is CN=CNc1ncnc2c(C)nn(-c3ccc(NC(=O)[C@H](OC(C)=O)c4cccc(C(F)(F)F)c4)cc3Cl)c12. The van der Waals surface area contributed by atoms with Crippen LogP contribution in [-0.2, 0) is 20.5 Å². The number of halogens is 4. The molecule has 0 radical (unpaired) electrons. The monoisotopic (exact) mass is 559 g/mol. The molecule has 0 bridgehead atoms. The highest BCUT2D eigenvalue weighted by atomic mass is 35.5. The van der Waals surface area contributed by atoms with Crippen molar-refractivity contribution in [3.63, 3.8) is 0 Å². The van der Waals surface area contributed by atoms with Crippen LogP contribution < -0.4 is 10.6 Å². The van der Waals surface area contributed by atoms with Gasteiger partial charge in [0, 0.05) is 25.2 Å². The summed E-state index contributed by atoms with van der Waals surface area (Å²) in [6, 6.07) is 8.53. The van der Waals surface area contributed by atoms with Gasteiger partial charge in [-0.3, -0.25) is 14.6 Å². The second-order valence-electron chi connectivity index (χ2n) is 8.22. The van der Waals surface area contributed by atoms with Crippen LogP contribution in [0.2, 0.25) is 5.02 Å². The number of hydrogen-bond acceptors (Lipinski definition) is 7. The van der Waals surface area contributed by atoms with E-state index in [1.165, 1.54) is 35.5 Å². The van der Waals surface area contributed by atoms with Gasteiger partial charge in [0.25, 0.3) is 5.91 Å². The van der Waals surface area contributed by atoms with Crippen molar-refractivity contribution in [3.8, 4) is 5.69 Å². The average Bonchev–Trinajstić information content (AvgIpc) is 3.22. The minimum Gasteiger partial charge on any atom is -0.447 e. The first-order valence-corrected chi connectivity index (χ1v) is 11.7. The summed E-state index contributed by atoms with van der Waals surface area (Å²) in [6.45, 7) is 2.82. The molecule has 0 aliphatic heterocycles. The highest BCUT2D eigenvalue weighted by molar-refractivity contribution is 6.32. The maximum absolute atomic E-state index is 13.2. The molecule has 0 unspecified atom stereocenters. The van der Waals surface area contributed by atoms with E-state index >= 15 is 0 Å². The van der Waals surface area contributed by atoms with Gasteiger partial charge < -0.3 is 15.4 Å². The molecule has 14 heteroatoms. The van der Waals surface area contributed by atoms with E-state index in [-0.39, 0.29) is 16.3 Å².